The second-order valence-electron chi connectivity index (χ2n) is 2.97. The van der Waals surface area contributed by atoms with Gasteiger partial charge in [-0.1, -0.05) is 34.9 Å². The lowest BCUT2D eigenvalue weighted by atomic mass is 10.2. The first kappa shape index (κ1) is 10.1. The molecule has 0 bridgehead atoms. The number of aromatic amines is 1. The molecular weight excluding hydrogens is 235 g/mol. The quantitative estimate of drug-likeness (QED) is 0.479. The zero-order valence-corrected chi connectivity index (χ0v) is 9.00. The number of H-pyrrole nitrogens is 1. The Bertz CT molecular complexity index is 620. The van der Waals surface area contributed by atoms with Gasteiger partial charge < -0.3 is 12.4 Å². The molecule has 0 radical (unpaired) electrons. The van der Waals surface area contributed by atoms with E-state index in [1.165, 1.54) is 0 Å². The molecule has 0 atom stereocenters. The molecule has 0 unspecified atom stereocenters. The molecule has 76 valence electrons. The molecule has 1 N–H and O–H groups in total. The standard InChI is InChI=1S/C9H5ClN4.ClH/c10-8-6-3-1-2-4-7(6)9-12-11-5-14(9)13-8;/h1-5H;1H. The van der Waals surface area contributed by atoms with E-state index >= 15 is 0 Å². The van der Waals surface area contributed by atoms with Crippen molar-refractivity contribution < 1.29 is 16.9 Å². The third kappa shape index (κ3) is 1.42. The van der Waals surface area contributed by atoms with Crippen molar-refractivity contribution in [1.82, 2.24) is 15.3 Å². The molecule has 0 amide bonds. The van der Waals surface area contributed by atoms with Gasteiger partial charge in [-0.15, -0.1) is 9.61 Å². The van der Waals surface area contributed by atoms with Crippen molar-refractivity contribution in [2.45, 2.75) is 0 Å². The normalized spacial score (nSPS) is 10.5. The number of nitrogens with one attached hydrogen (secondary N) is 1. The minimum atomic E-state index is 0. The highest BCUT2D eigenvalue weighted by Crippen LogP contribution is 2.20. The topological polar surface area (TPSA) is 45.7 Å². The van der Waals surface area contributed by atoms with Crippen molar-refractivity contribution in [1.29, 1.82) is 0 Å². The Morgan fingerprint density at radius 2 is 1.93 bits per heavy atom. The summed E-state index contributed by atoms with van der Waals surface area (Å²) in [5.41, 5.74) is 0.782. The minimum absolute atomic E-state index is 0. The van der Waals surface area contributed by atoms with Gasteiger partial charge in [-0.05, 0) is 6.07 Å². The molecule has 3 aromatic rings. The molecule has 0 saturated carbocycles. The highest BCUT2D eigenvalue weighted by atomic mass is 35.5. The van der Waals surface area contributed by atoms with Gasteiger partial charge in [0.05, 0.1) is 5.39 Å². The summed E-state index contributed by atoms with van der Waals surface area (Å²) in [7, 11) is 0. The molecule has 0 saturated heterocycles. The van der Waals surface area contributed by atoms with Gasteiger partial charge in [0.25, 0.3) is 0 Å². The predicted molar refractivity (Wildman–Crippen MR) is 52.1 cm³/mol. The van der Waals surface area contributed by atoms with Gasteiger partial charge in [-0.25, -0.2) is 0 Å². The molecule has 3 rings (SSSR count). The van der Waals surface area contributed by atoms with E-state index in [4.69, 9.17) is 11.6 Å². The first-order valence-electron chi connectivity index (χ1n) is 4.16. The number of benzene rings is 1. The van der Waals surface area contributed by atoms with E-state index in [1.54, 1.807) is 10.8 Å². The van der Waals surface area contributed by atoms with Crippen LogP contribution in [0, 0.1) is 0 Å². The lowest BCUT2D eigenvalue weighted by Crippen LogP contribution is -3.00. The van der Waals surface area contributed by atoms with Gasteiger partial charge in [-0.2, -0.15) is 0 Å². The fourth-order valence-corrected chi connectivity index (χ4v) is 1.77. The van der Waals surface area contributed by atoms with Gasteiger partial charge in [0, 0.05) is 10.5 Å². The largest absolute Gasteiger partial charge is 1.00 e. The van der Waals surface area contributed by atoms with Gasteiger partial charge in [0.1, 0.15) is 0 Å². The molecule has 4 nitrogen and oxygen atoms in total. The highest BCUT2D eigenvalue weighted by molar-refractivity contribution is 6.34. The van der Waals surface area contributed by atoms with E-state index in [0.717, 1.165) is 16.4 Å². The SMILES string of the molecule is Clc1n[n+]2c[nH]nc2c2ccccc12.[Cl-]. The van der Waals surface area contributed by atoms with Crippen molar-refractivity contribution in [3.05, 3.63) is 35.7 Å². The molecule has 6 heteroatoms. The van der Waals surface area contributed by atoms with Crippen LogP contribution in [0.25, 0.3) is 16.4 Å². The molecule has 0 spiro atoms. The Morgan fingerprint density at radius 3 is 2.73 bits per heavy atom. The summed E-state index contributed by atoms with van der Waals surface area (Å²) >= 11 is 6.02. The molecule has 15 heavy (non-hydrogen) atoms. The maximum absolute atomic E-state index is 6.02. The van der Waals surface area contributed by atoms with E-state index in [-0.39, 0.29) is 12.4 Å². The maximum atomic E-state index is 6.02. The molecule has 0 aliphatic carbocycles. The highest BCUT2D eigenvalue weighted by Gasteiger charge is 2.12. The monoisotopic (exact) mass is 240 g/mol. The van der Waals surface area contributed by atoms with Crippen LogP contribution in [0.15, 0.2) is 30.6 Å². The van der Waals surface area contributed by atoms with E-state index in [9.17, 15) is 0 Å². The Hall–Kier alpha value is -1.39. The van der Waals surface area contributed by atoms with E-state index in [2.05, 4.69) is 15.3 Å². The molecule has 2 heterocycles. The summed E-state index contributed by atoms with van der Waals surface area (Å²) in [6.07, 6.45) is 1.66. The van der Waals surface area contributed by atoms with Crippen LogP contribution in [-0.2, 0) is 0 Å². The zero-order chi connectivity index (χ0) is 9.54. The lowest BCUT2D eigenvalue weighted by molar-refractivity contribution is -0.579. The summed E-state index contributed by atoms with van der Waals surface area (Å²) in [5, 5.41) is 13.4. The molecular formula is C9H6Cl2N4. The van der Waals surface area contributed by atoms with Crippen LogP contribution in [0.5, 0.6) is 0 Å². The van der Waals surface area contributed by atoms with Crippen LogP contribution in [0.2, 0.25) is 5.15 Å². The van der Waals surface area contributed by atoms with Crippen molar-refractivity contribution in [2.75, 3.05) is 0 Å². The Kier molecular flexibility index (Phi) is 2.46. The van der Waals surface area contributed by atoms with E-state index in [1.807, 2.05) is 24.3 Å². The molecule has 1 aromatic carbocycles. The second kappa shape index (κ2) is 3.64. The average molecular weight is 241 g/mol. The summed E-state index contributed by atoms with van der Waals surface area (Å²) in [4.78, 5) is 0. The maximum Gasteiger partial charge on any atom is 0.333 e. The molecule has 0 fully saturated rings. The van der Waals surface area contributed by atoms with Crippen LogP contribution >= 0.6 is 11.6 Å². The number of halogens is 2. The van der Waals surface area contributed by atoms with Crippen LogP contribution in [0.4, 0.5) is 0 Å². The number of hydrogen-bond acceptors (Lipinski definition) is 2. The first-order chi connectivity index (χ1) is 6.86. The Balaban J connectivity index is 0.000000853. The van der Waals surface area contributed by atoms with Crippen molar-refractivity contribution in [3.63, 3.8) is 0 Å². The molecule has 0 aliphatic rings. The fourth-order valence-electron chi connectivity index (χ4n) is 1.52. The van der Waals surface area contributed by atoms with Crippen molar-refractivity contribution in [3.8, 4) is 0 Å². The molecule has 0 aliphatic heterocycles. The number of fused-ring (bicyclic) bond motifs is 3. The number of rotatable bonds is 0. The zero-order valence-electron chi connectivity index (χ0n) is 7.48. The molecule has 2 aromatic heterocycles. The van der Waals surface area contributed by atoms with Gasteiger partial charge in [0.15, 0.2) is 5.15 Å². The van der Waals surface area contributed by atoms with Crippen LogP contribution in [-0.4, -0.2) is 15.3 Å². The smallest absolute Gasteiger partial charge is 0.333 e. The van der Waals surface area contributed by atoms with Gasteiger partial charge in [0.2, 0.25) is 6.33 Å². The third-order valence-electron chi connectivity index (χ3n) is 2.15. The predicted octanol–water partition coefficient (Wildman–Crippen LogP) is -1.65. The van der Waals surface area contributed by atoms with Crippen molar-refractivity contribution >= 4 is 28.0 Å². The fraction of sp³-hybridized carbons (Fsp3) is 0. The van der Waals surface area contributed by atoms with E-state index in [0.29, 0.717) is 5.15 Å². The number of hydrogen-bond donors (Lipinski definition) is 1. The minimum Gasteiger partial charge on any atom is -1.00 e. The van der Waals surface area contributed by atoms with Crippen LogP contribution < -0.4 is 16.9 Å². The van der Waals surface area contributed by atoms with Crippen molar-refractivity contribution in [2.24, 2.45) is 0 Å². The van der Waals surface area contributed by atoms with E-state index < -0.39 is 0 Å². The third-order valence-corrected chi connectivity index (χ3v) is 2.43. The van der Waals surface area contributed by atoms with Gasteiger partial charge in [-0.3, -0.25) is 0 Å². The number of nitrogens with zero attached hydrogens (tertiary/aromatic N) is 3. The second-order valence-corrected chi connectivity index (χ2v) is 3.33. The summed E-state index contributed by atoms with van der Waals surface area (Å²) in [6, 6.07) is 7.78. The summed E-state index contributed by atoms with van der Waals surface area (Å²) < 4.78 is 1.63. The average Bonchev–Trinajstić information content (AvgIpc) is 2.66. The Morgan fingerprint density at radius 1 is 1.20 bits per heavy atom. The first-order valence-corrected chi connectivity index (χ1v) is 4.54. The summed E-state index contributed by atoms with van der Waals surface area (Å²) in [5.74, 6) is 0. The lowest BCUT2D eigenvalue weighted by Gasteiger charge is -1.95. The van der Waals surface area contributed by atoms with Gasteiger partial charge >= 0.3 is 5.65 Å². The van der Waals surface area contributed by atoms with Crippen LogP contribution in [0.3, 0.4) is 0 Å². The summed E-state index contributed by atoms with van der Waals surface area (Å²) in [6.45, 7) is 0. The number of aromatic nitrogens is 4. The van der Waals surface area contributed by atoms with Crippen LogP contribution in [0.1, 0.15) is 0 Å². The Labute approximate surface area is 96.3 Å².